The van der Waals surface area contributed by atoms with Gasteiger partial charge in [-0.3, -0.25) is 0 Å². The molecule has 0 bridgehead atoms. The Bertz CT molecular complexity index is 981. The summed E-state index contributed by atoms with van der Waals surface area (Å²) in [6.45, 7) is 2.81. The predicted molar refractivity (Wildman–Crippen MR) is 115 cm³/mol. The molecule has 0 aliphatic heterocycles. The maximum absolute atomic E-state index is 13.3. The third kappa shape index (κ3) is 5.18. The predicted octanol–water partition coefficient (Wildman–Crippen LogP) is 6.75. The highest BCUT2D eigenvalue weighted by molar-refractivity contribution is 9.10. The zero-order valence-corrected chi connectivity index (χ0v) is 17.9. The summed E-state index contributed by atoms with van der Waals surface area (Å²) in [5.74, 6) is 0.892. The molecule has 3 aromatic carbocycles. The highest BCUT2D eigenvalue weighted by Crippen LogP contribution is 2.37. The van der Waals surface area contributed by atoms with Crippen molar-refractivity contribution in [1.82, 2.24) is 0 Å². The number of hydrogen-bond donors (Lipinski definition) is 1. The molecule has 0 radical (unpaired) electrons. The Morgan fingerprint density at radius 3 is 2.61 bits per heavy atom. The third-order valence-electron chi connectivity index (χ3n) is 4.23. The molecule has 0 fully saturated rings. The molecule has 0 aliphatic rings. The summed E-state index contributed by atoms with van der Waals surface area (Å²) in [6.07, 6.45) is 0. The molecule has 3 aromatic rings. The first-order valence-corrected chi connectivity index (χ1v) is 9.87. The van der Waals surface area contributed by atoms with Gasteiger partial charge in [-0.2, -0.15) is 0 Å². The minimum absolute atomic E-state index is 0.242. The fourth-order valence-corrected chi connectivity index (χ4v) is 3.49. The summed E-state index contributed by atoms with van der Waals surface area (Å²) < 4.78 is 25.5. The van der Waals surface area contributed by atoms with Gasteiger partial charge in [-0.1, -0.05) is 29.8 Å². The number of hydrogen-bond acceptors (Lipinski definition) is 3. The maximum Gasteiger partial charge on any atom is 0.175 e. The van der Waals surface area contributed by atoms with E-state index in [9.17, 15) is 4.39 Å². The Labute approximate surface area is 177 Å². The number of aryl methyl sites for hydroxylation is 1. The lowest BCUT2D eigenvalue weighted by molar-refractivity contribution is 0.282. The molecular formula is C22H20BrClFNO2. The van der Waals surface area contributed by atoms with Gasteiger partial charge in [-0.05, 0) is 75.9 Å². The van der Waals surface area contributed by atoms with Crippen molar-refractivity contribution in [3.05, 3.63) is 86.6 Å². The Balaban J connectivity index is 1.72. The second-order valence-electron chi connectivity index (χ2n) is 6.35. The number of benzene rings is 3. The van der Waals surface area contributed by atoms with Gasteiger partial charge < -0.3 is 14.8 Å². The van der Waals surface area contributed by atoms with Crippen LogP contribution in [0.2, 0.25) is 5.02 Å². The topological polar surface area (TPSA) is 30.5 Å². The molecule has 0 unspecified atom stereocenters. The first-order valence-electron chi connectivity index (χ1n) is 8.70. The van der Waals surface area contributed by atoms with Crippen molar-refractivity contribution in [2.75, 3.05) is 12.4 Å². The first kappa shape index (κ1) is 20.5. The molecule has 0 heterocycles. The van der Waals surface area contributed by atoms with Crippen LogP contribution in [0.4, 0.5) is 10.1 Å². The van der Waals surface area contributed by atoms with E-state index in [-0.39, 0.29) is 12.4 Å². The van der Waals surface area contributed by atoms with Crippen LogP contribution in [-0.2, 0) is 13.2 Å². The number of nitrogens with one attached hydrogen (secondary N) is 1. The van der Waals surface area contributed by atoms with E-state index >= 15 is 0 Å². The molecule has 0 aromatic heterocycles. The highest BCUT2D eigenvalue weighted by Gasteiger charge is 2.12. The van der Waals surface area contributed by atoms with Crippen LogP contribution >= 0.6 is 27.5 Å². The van der Waals surface area contributed by atoms with Crippen molar-refractivity contribution in [3.8, 4) is 11.5 Å². The van der Waals surface area contributed by atoms with Gasteiger partial charge in [-0.15, -0.1) is 0 Å². The molecule has 1 N–H and O–H groups in total. The van der Waals surface area contributed by atoms with Gasteiger partial charge >= 0.3 is 0 Å². The highest BCUT2D eigenvalue weighted by atomic mass is 79.9. The van der Waals surface area contributed by atoms with E-state index < -0.39 is 0 Å². The molecule has 6 heteroatoms. The molecule has 0 atom stereocenters. The Morgan fingerprint density at radius 1 is 1.07 bits per heavy atom. The monoisotopic (exact) mass is 463 g/mol. The molecular weight excluding hydrogens is 445 g/mol. The lowest BCUT2D eigenvalue weighted by Crippen LogP contribution is -2.03. The van der Waals surface area contributed by atoms with E-state index in [0.717, 1.165) is 31.9 Å². The summed E-state index contributed by atoms with van der Waals surface area (Å²) >= 11 is 9.72. The summed E-state index contributed by atoms with van der Waals surface area (Å²) in [5.41, 5.74) is 3.74. The van der Waals surface area contributed by atoms with Gasteiger partial charge in [-0.25, -0.2) is 4.39 Å². The van der Waals surface area contributed by atoms with Crippen LogP contribution in [-0.4, -0.2) is 7.11 Å². The largest absolute Gasteiger partial charge is 0.493 e. The van der Waals surface area contributed by atoms with Crippen molar-refractivity contribution in [2.45, 2.75) is 20.1 Å². The molecule has 28 heavy (non-hydrogen) atoms. The van der Waals surface area contributed by atoms with E-state index in [1.807, 2.05) is 43.3 Å². The Morgan fingerprint density at radius 2 is 1.89 bits per heavy atom. The second kappa shape index (κ2) is 9.30. The van der Waals surface area contributed by atoms with Gasteiger partial charge in [0, 0.05) is 17.3 Å². The fourth-order valence-electron chi connectivity index (χ4n) is 2.70. The van der Waals surface area contributed by atoms with Crippen molar-refractivity contribution >= 4 is 33.2 Å². The van der Waals surface area contributed by atoms with Crippen LogP contribution in [0.1, 0.15) is 16.7 Å². The number of methoxy groups -OCH3 is 1. The normalized spacial score (nSPS) is 10.6. The van der Waals surface area contributed by atoms with Gasteiger partial charge in [0.25, 0.3) is 0 Å². The zero-order chi connectivity index (χ0) is 20.1. The summed E-state index contributed by atoms with van der Waals surface area (Å²) in [6, 6.07) is 16.1. The number of halogens is 3. The Kier molecular flexibility index (Phi) is 6.81. The summed E-state index contributed by atoms with van der Waals surface area (Å²) in [7, 11) is 1.59. The van der Waals surface area contributed by atoms with Crippen LogP contribution in [0.25, 0.3) is 0 Å². The molecule has 0 saturated heterocycles. The third-order valence-corrected chi connectivity index (χ3v) is 5.23. The van der Waals surface area contributed by atoms with Gasteiger partial charge in [0.2, 0.25) is 0 Å². The van der Waals surface area contributed by atoms with E-state index in [1.54, 1.807) is 13.2 Å². The molecule has 3 nitrogen and oxygen atoms in total. The van der Waals surface area contributed by atoms with E-state index in [1.165, 1.54) is 12.1 Å². The molecule has 3 rings (SSSR count). The molecule has 146 valence electrons. The minimum Gasteiger partial charge on any atom is -0.493 e. The van der Waals surface area contributed by atoms with Crippen LogP contribution in [0, 0.1) is 12.7 Å². The fraction of sp³-hybridized carbons (Fsp3) is 0.182. The minimum atomic E-state index is -0.287. The number of ether oxygens (including phenoxy) is 2. The van der Waals surface area contributed by atoms with Crippen LogP contribution in [0.15, 0.2) is 59.1 Å². The van der Waals surface area contributed by atoms with Gasteiger partial charge in [0.1, 0.15) is 12.4 Å². The average Bonchev–Trinajstić information content (AvgIpc) is 2.67. The summed E-state index contributed by atoms with van der Waals surface area (Å²) in [5, 5.41) is 4.07. The smallest absolute Gasteiger partial charge is 0.175 e. The molecule has 0 amide bonds. The van der Waals surface area contributed by atoms with Crippen molar-refractivity contribution < 1.29 is 13.9 Å². The van der Waals surface area contributed by atoms with E-state index in [4.69, 9.17) is 21.1 Å². The quantitative estimate of drug-likeness (QED) is 0.419. The maximum atomic E-state index is 13.3. The second-order valence-corrected chi connectivity index (χ2v) is 7.61. The zero-order valence-electron chi connectivity index (χ0n) is 15.6. The Hall–Kier alpha value is -2.24. The van der Waals surface area contributed by atoms with Crippen LogP contribution < -0.4 is 14.8 Å². The van der Waals surface area contributed by atoms with E-state index in [0.29, 0.717) is 18.0 Å². The summed E-state index contributed by atoms with van der Waals surface area (Å²) in [4.78, 5) is 0. The van der Waals surface area contributed by atoms with E-state index in [2.05, 4.69) is 21.2 Å². The molecule has 0 aliphatic carbocycles. The lowest BCUT2D eigenvalue weighted by atomic mass is 10.1. The van der Waals surface area contributed by atoms with Crippen molar-refractivity contribution in [1.29, 1.82) is 0 Å². The number of anilines is 1. The van der Waals surface area contributed by atoms with Crippen LogP contribution in [0.5, 0.6) is 11.5 Å². The first-order chi connectivity index (χ1) is 13.5. The van der Waals surface area contributed by atoms with Gasteiger partial charge in [0.15, 0.2) is 11.5 Å². The van der Waals surface area contributed by atoms with Crippen molar-refractivity contribution in [2.24, 2.45) is 0 Å². The number of rotatable bonds is 7. The molecule has 0 spiro atoms. The van der Waals surface area contributed by atoms with Crippen LogP contribution in [0.3, 0.4) is 0 Å². The average molecular weight is 465 g/mol. The molecule has 0 saturated carbocycles. The standard InChI is InChI=1S/C22H20BrClFNO2/c1-14-6-7-18(11-20(14)24)26-12-16-9-19(23)22(21(10-16)27-2)28-13-15-4-3-5-17(25)8-15/h3-11,26H,12-13H2,1-2H3. The lowest BCUT2D eigenvalue weighted by Gasteiger charge is -2.15. The van der Waals surface area contributed by atoms with Crippen molar-refractivity contribution in [3.63, 3.8) is 0 Å². The van der Waals surface area contributed by atoms with Gasteiger partial charge in [0.05, 0.1) is 11.6 Å². The SMILES string of the molecule is COc1cc(CNc2ccc(C)c(Cl)c2)cc(Br)c1OCc1cccc(F)c1.